The van der Waals surface area contributed by atoms with Crippen molar-refractivity contribution in [2.24, 2.45) is 35.5 Å². The van der Waals surface area contributed by atoms with E-state index in [2.05, 4.69) is 0 Å². The van der Waals surface area contributed by atoms with Crippen LogP contribution in [-0.2, 0) is 0 Å². The van der Waals surface area contributed by atoms with Gasteiger partial charge in [0.05, 0.1) is 0 Å². The summed E-state index contributed by atoms with van der Waals surface area (Å²) in [5.74, 6) is 7.02. The standard InChI is InChI=1S/C17H28.CH4/c1-2-6-14-12(4-1)8-10-17-15-7-3-5-13(15)9-11-16(14)17;/h12-17H,1-11H2;1H4/t12?,13-,14-,15+,16+,17-;/m0./s1. The van der Waals surface area contributed by atoms with Crippen molar-refractivity contribution in [2.45, 2.75) is 78.1 Å². The molecular weight excluding hydrogens is 216 g/mol. The van der Waals surface area contributed by atoms with Gasteiger partial charge in [0.1, 0.15) is 0 Å². The first-order chi connectivity index (χ1) is 8.43. The summed E-state index contributed by atoms with van der Waals surface area (Å²) < 4.78 is 0. The molecule has 18 heavy (non-hydrogen) atoms. The van der Waals surface area contributed by atoms with E-state index in [1.165, 1.54) is 23.7 Å². The summed E-state index contributed by atoms with van der Waals surface area (Å²) in [5, 5.41) is 0. The van der Waals surface area contributed by atoms with E-state index in [1.807, 2.05) is 0 Å². The lowest BCUT2D eigenvalue weighted by Crippen LogP contribution is -2.43. The highest BCUT2D eigenvalue weighted by Crippen LogP contribution is 2.57. The second-order valence-corrected chi connectivity index (χ2v) is 7.55. The molecule has 0 nitrogen and oxygen atoms in total. The fraction of sp³-hybridized carbons (Fsp3) is 1.00. The van der Waals surface area contributed by atoms with Crippen LogP contribution in [0.1, 0.15) is 78.1 Å². The van der Waals surface area contributed by atoms with Crippen LogP contribution in [0.5, 0.6) is 0 Å². The Hall–Kier alpha value is 0. The third-order valence-electron chi connectivity index (χ3n) is 7.08. The van der Waals surface area contributed by atoms with E-state index in [-0.39, 0.29) is 7.43 Å². The molecule has 0 aromatic carbocycles. The maximum absolute atomic E-state index is 1.62. The highest BCUT2D eigenvalue weighted by molar-refractivity contribution is 4.98. The van der Waals surface area contributed by atoms with E-state index in [9.17, 15) is 0 Å². The summed E-state index contributed by atoms with van der Waals surface area (Å²) in [5.41, 5.74) is 0. The molecule has 0 N–H and O–H groups in total. The molecule has 1 unspecified atom stereocenters. The quantitative estimate of drug-likeness (QED) is 0.518. The zero-order valence-corrected chi connectivity index (χ0v) is 11.2. The van der Waals surface area contributed by atoms with Gasteiger partial charge in [-0.15, -0.1) is 0 Å². The first-order valence-corrected chi connectivity index (χ1v) is 8.43. The largest absolute Gasteiger partial charge is 0.0776 e. The third-order valence-corrected chi connectivity index (χ3v) is 7.08. The summed E-state index contributed by atoms with van der Waals surface area (Å²) in [4.78, 5) is 0. The van der Waals surface area contributed by atoms with Gasteiger partial charge in [-0.25, -0.2) is 0 Å². The van der Waals surface area contributed by atoms with Crippen molar-refractivity contribution in [2.75, 3.05) is 0 Å². The number of hydrogen-bond acceptors (Lipinski definition) is 0. The number of fused-ring (bicyclic) bond motifs is 5. The predicted octanol–water partition coefficient (Wildman–Crippen LogP) is 5.67. The van der Waals surface area contributed by atoms with Crippen LogP contribution in [0.3, 0.4) is 0 Å². The van der Waals surface area contributed by atoms with Crippen molar-refractivity contribution >= 4 is 0 Å². The van der Waals surface area contributed by atoms with Gasteiger partial charge < -0.3 is 0 Å². The number of hydrogen-bond donors (Lipinski definition) is 0. The summed E-state index contributed by atoms with van der Waals surface area (Å²) in [6, 6.07) is 0. The second kappa shape index (κ2) is 5.17. The topological polar surface area (TPSA) is 0 Å². The van der Waals surface area contributed by atoms with E-state index in [0.717, 1.165) is 11.8 Å². The third kappa shape index (κ3) is 1.95. The molecule has 4 aliphatic carbocycles. The van der Waals surface area contributed by atoms with Gasteiger partial charge in [-0.05, 0) is 74.0 Å². The van der Waals surface area contributed by atoms with Gasteiger partial charge in [0.15, 0.2) is 0 Å². The van der Waals surface area contributed by atoms with Crippen molar-refractivity contribution in [3.63, 3.8) is 0 Å². The molecule has 104 valence electrons. The first kappa shape index (κ1) is 13.0. The monoisotopic (exact) mass is 248 g/mol. The molecule has 0 aromatic rings. The Morgan fingerprint density at radius 1 is 0.389 bits per heavy atom. The Kier molecular flexibility index (Phi) is 3.74. The van der Waals surface area contributed by atoms with E-state index in [1.54, 1.807) is 70.6 Å². The predicted molar refractivity (Wildman–Crippen MR) is 78.5 cm³/mol. The molecule has 4 saturated carbocycles. The summed E-state index contributed by atoms with van der Waals surface area (Å²) in [6.07, 6.45) is 17.5. The van der Waals surface area contributed by atoms with Crippen LogP contribution in [-0.4, -0.2) is 0 Å². The summed E-state index contributed by atoms with van der Waals surface area (Å²) in [7, 11) is 0. The average molecular weight is 248 g/mol. The Labute approximate surface area is 114 Å². The van der Waals surface area contributed by atoms with Crippen LogP contribution in [0.2, 0.25) is 0 Å². The van der Waals surface area contributed by atoms with Gasteiger partial charge >= 0.3 is 0 Å². The van der Waals surface area contributed by atoms with E-state index < -0.39 is 0 Å². The highest BCUT2D eigenvalue weighted by Gasteiger charge is 2.48. The van der Waals surface area contributed by atoms with E-state index in [0.29, 0.717) is 0 Å². The van der Waals surface area contributed by atoms with Crippen LogP contribution in [0, 0.1) is 35.5 Å². The van der Waals surface area contributed by atoms with E-state index in [4.69, 9.17) is 0 Å². The van der Waals surface area contributed by atoms with Gasteiger partial charge in [0, 0.05) is 0 Å². The molecule has 0 saturated heterocycles. The average Bonchev–Trinajstić information content (AvgIpc) is 2.86. The molecule has 4 fully saturated rings. The van der Waals surface area contributed by atoms with Gasteiger partial charge in [-0.3, -0.25) is 0 Å². The summed E-state index contributed by atoms with van der Waals surface area (Å²) >= 11 is 0. The Morgan fingerprint density at radius 2 is 0.889 bits per heavy atom. The molecule has 0 radical (unpaired) electrons. The van der Waals surface area contributed by atoms with Gasteiger partial charge in [-0.2, -0.15) is 0 Å². The lowest BCUT2D eigenvalue weighted by atomic mass is 9.54. The lowest BCUT2D eigenvalue weighted by Gasteiger charge is -2.51. The molecule has 0 heterocycles. The zero-order valence-electron chi connectivity index (χ0n) is 11.2. The molecule has 0 aliphatic heterocycles. The second-order valence-electron chi connectivity index (χ2n) is 7.55. The van der Waals surface area contributed by atoms with Crippen molar-refractivity contribution in [1.82, 2.24) is 0 Å². The molecule has 6 atom stereocenters. The maximum atomic E-state index is 1.62. The smallest absolute Gasteiger partial charge is 0.0352 e. The Bertz CT molecular complexity index is 282. The minimum absolute atomic E-state index is 0. The van der Waals surface area contributed by atoms with Crippen molar-refractivity contribution < 1.29 is 0 Å². The molecule has 4 aliphatic rings. The maximum Gasteiger partial charge on any atom is -0.0352 e. The van der Waals surface area contributed by atoms with Crippen LogP contribution in [0.25, 0.3) is 0 Å². The first-order valence-electron chi connectivity index (χ1n) is 8.43. The minimum Gasteiger partial charge on any atom is -0.0776 e. The number of rotatable bonds is 0. The van der Waals surface area contributed by atoms with Gasteiger partial charge in [-0.1, -0.05) is 39.5 Å². The van der Waals surface area contributed by atoms with Crippen molar-refractivity contribution in [3.8, 4) is 0 Å². The van der Waals surface area contributed by atoms with Crippen LogP contribution in [0.4, 0.5) is 0 Å². The van der Waals surface area contributed by atoms with Gasteiger partial charge in [0.25, 0.3) is 0 Å². The molecule has 0 bridgehead atoms. The highest BCUT2D eigenvalue weighted by atomic mass is 14.5. The Balaban J connectivity index is 0.000001000. The Morgan fingerprint density at radius 3 is 1.56 bits per heavy atom. The lowest BCUT2D eigenvalue weighted by molar-refractivity contribution is -0.0184. The van der Waals surface area contributed by atoms with Crippen LogP contribution >= 0.6 is 0 Å². The zero-order chi connectivity index (χ0) is 11.2. The molecule has 0 aromatic heterocycles. The van der Waals surface area contributed by atoms with Crippen LogP contribution in [0.15, 0.2) is 0 Å². The van der Waals surface area contributed by atoms with Crippen molar-refractivity contribution in [1.29, 1.82) is 0 Å². The minimum atomic E-state index is 0. The molecule has 4 rings (SSSR count). The van der Waals surface area contributed by atoms with E-state index >= 15 is 0 Å². The van der Waals surface area contributed by atoms with Crippen LogP contribution < -0.4 is 0 Å². The van der Waals surface area contributed by atoms with Gasteiger partial charge in [0.2, 0.25) is 0 Å². The fourth-order valence-electron chi connectivity index (χ4n) is 6.45. The fourth-order valence-corrected chi connectivity index (χ4v) is 6.45. The molecule has 0 amide bonds. The SMILES string of the molecule is C.C1CC[C@H]2C(C1)CC[C@H]1[C@@H]3CCC[C@H]3CC[C@@H]12. The molecule has 0 heteroatoms. The summed E-state index contributed by atoms with van der Waals surface area (Å²) in [6.45, 7) is 0. The normalized spacial score (nSPS) is 50.7. The van der Waals surface area contributed by atoms with Crippen molar-refractivity contribution in [3.05, 3.63) is 0 Å². The molecular formula is C18H32. The molecule has 0 spiro atoms.